The highest BCUT2D eigenvalue weighted by Gasteiger charge is 2.23. The fourth-order valence-electron chi connectivity index (χ4n) is 2.31. The molecular formula is C16H13N3O. The second-order valence-corrected chi connectivity index (χ2v) is 4.81. The van der Waals surface area contributed by atoms with Gasteiger partial charge in [0.15, 0.2) is 0 Å². The first kappa shape index (κ1) is 12.2. The molecule has 1 heterocycles. The summed E-state index contributed by atoms with van der Waals surface area (Å²) >= 11 is 0. The third-order valence-corrected chi connectivity index (χ3v) is 3.34. The number of anilines is 3. The molecule has 3 rings (SSSR count). The first-order chi connectivity index (χ1) is 9.67. The van der Waals surface area contributed by atoms with Gasteiger partial charge in [0, 0.05) is 5.69 Å². The van der Waals surface area contributed by atoms with Crippen LogP contribution in [-0.2, 0) is 4.79 Å². The number of hydrogen-bond donors (Lipinski definition) is 1. The van der Waals surface area contributed by atoms with Crippen molar-refractivity contribution >= 4 is 23.0 Å². The number of amides is 1. The molecule has 1 N–H and O–H groups in total. The predicted molar refractivity (Wildman–Crippen MR) is 78.0 cm³/mol. The molecule has 0 saturated heterocycles. The average molecular weight is 263 g/mol. The molecular weight excluding hydrogens is 250 g/mol. The average Bonchev–Trinajstić information content (AvgIpc) is 2.46. The molecule has 0 aromatic heterocycles. The summed E-state index contributed by atoms with van der Waals surface area (Å²) in [4.78, 5) is 13.8. The molecule has 20 heavy (non-hydrogen) atoms. The Kier molecular flexibility index (Phi) is 2.88. The van der Waals surface area contributed by atoms with E-state index in [0.29, 0.717) is 11.3 Å². The fraction of sp³-hybridized carbons (Fsp3) is 0.125. The zero-order valence-electron chi connectivity index (χ0n) is 11.1. The molecule has 0 saturated carbocycles. The van der Waals surface area contributed by atoms with Gasteiger partial charge >= 0.3 is 0 Å². The molecule has 0 unspecified atom stereocenters. The van der Waals surface area contributed by atoms with Crippen LogP contribution < -0.4 is 10.2 Å². The van der Waals surface area contributed by atoms with Crippen molar-refractivity contribution in [2.24, 2.45) is 0 Å². The molecule has 1 amide bonds. The minimum atomic E-state index is -0.0758. The number of hydrogen-bond acceptors (Lipinski definition) is 3. The van der Waals surface area contributed by atoms with Crippen molar-refractivity contribution in [1.82, 2.24) is 0 Å². The van der Waals surface area contributed by atoms with Crippen LogP contribution in [0, 0.1) is 18.3 Å². The van der Waals surface area contributed by atoms with E-state index in [4.69, 9.17) is 5.26 Å². The number of rotatable bonds is 1. The Bertz CT molecular complexity index is 713. The van der Waals surface area contributed by atoms with Gasteiger partial charge in [0.05, 0.1) is 23.0 Å². The Morgan fingerprint density at radius 2 is 1.95 bits per heavy atom. The molecule has 0 radical (unpaired) electrons. The Balaban J connectivity index is 2.08. The van der Waals surface area contributed by atoms with Crippen LogP contribution in [0.3, 0.4) is 0 Å². The van der Waals surface area contributed by atoms with E-state index in [1.807, 2.05) is 42.2 Å². The van der Waals surface area contributed by atoms with E-state index in [2.05, 4.69) is 11.4 Å². The van der Waals surface area contributed by atoms with Gasteiger partial charge in [-0.3, -0.25) is 4.79 Å². The van der Waals surface area contributed by atoms with Gasteiger partial charge in [-0.25, -0.2) is 0 Å². The molecule has 2 aromatic rings. The minimum absolute atomic E-state index is 0.0758. The van der Waals surface area contributed by atoms with E-state index in [1.165, 1.54) is 5.56 Å². The molecule has 2 aromatic carbocycles. The summed E-state index contributed by atoms with van der Waals surface area (Å²) in [6.07, 6.45) is 0. The first-order valence-electron chi connectivity index (χ1n) is 6.35. The van der Waals surface area contributed by atoms with Crippen LogP contribution in [0.25, 0.3) is 0 Å². The largest absolute Gasteiger partial charge is 0.330 e. The number of nitriles is 1. The van der Waals surface area contributed by atoms with Crippen molar-refractivity contribution in [3.8, 4) is 6.07 Å². The monoisotopic (exact) mass is 263 g/mol. The maximum Gasteiger partial charge on any atom is 0.244 e. The maximum atomic E-state index is 11.8. The lowest BCUT2D eigenvalue weighted by Gasteiger charge is -2.31. The van der Waals surface area contributed by atoms with Gasteiger partial charge in [0.25, 0.3) is 0 Å². The topological polar surface area (TPSA) is 56.1 Å². The van der Waals surface area contributed by atoms with Crippen molar-refractivity contribution in [3.63, 3.8) is 0 Å². The summed E-state index contributed by atoms with van der Waals surface area (Å²) < 4.78 is 0. The van der Waals surface area contributed by atoms with Gasteiger partial charge in [0.1, 0.15) is 6.54 Å². The molecule has 0 spiro atoms. The smallest absolute Gasteiger partial charge is 0.244 e. The van der Waals surface area contributed by atoms with Crippen LogP contribution in [0.15, 0.2) is 42.5 Å². The third-order valence-electron chi connectivity index (χ3n) is 3.34. The highest BCUT2D eigenvalue weighted by atomic mass is 16.2. The van der Waals surface area contributed by atoms with Gasteiger partial charge in [-0.1, -0.05) is 17.7 Å². The zero-order chi connectivity index (χ0) is 14.1. The standard InChI is InChI=1S/C16H13N3O/c1-11-2-5-13(6-3-11)19-10-16(20)18-14-8-12(9-17)4-7-15(14)19/h2-8H,10H2,1H3,(H,18,20). The molecule has 98 valence electrons. The lowest BCUT2D eigenvalue weighted by atomic mass is 10.1. The Morgan fingerprint density at radius 3 is 2.65 bits per heavy atom. The van der Waals surface area contributed by atoms with Crippen LogP contribution in [0.4, 0.5) is 17.1 Å². The van der Waals surface area contributed by atoms with Crippen LogP contribution >= 0.6 is 0 Å². The molecule has 0 bridgehead atoms. The summed E-state index contributed by atoms with van der Waals surface area (Å²) in [7, 11) is 0. The van der Waals surface area contributed by atoms with Crippen molar-refractivity contribution in [1.29, 1.82) is 5.26 Å². The number of nitrogens with one attached hydrogen (secondary N) is 1. The number of nitrogens with zero attached hydrogens (tertiary/aromatic N) is 2. The summed E-state index contributed by atoms with van der Waals surface area (Å²) in [5.41, 5.74) is 4.27. The summed E-state index contributed by atoms with van der Waals surface area (Å²) in [5, 5.41) is 11.8. The molecule has 0 fully saturated rings. The summed E-state index contributed by atoms with van der Waals surface area (Å²) in [6, 6.07) is 15.4. The molecule has 4 heteroatoms. The maximum absolute atomic E-state index is 11.8. The number of carbonyl (C=O) groups is 1. The van der Waals surface area contributed by atoms with E-state index in [9.17, 15) is 4.79 Å². The van der Waals surface area contributed by atoms with E-state index in [-0.39, 0.29) is 12.5 Å². The van der Waals surface area contributed by atoms with Crippen molar-refractivity contribution < 1.29 is 4.79 Å². The van der Waals surface area contributed by atoms with E-state index >= 15 is 0 Å². The van der Waals surface area contributed by atoms with Crippen LogP contribution in [0.1, 0.15) is 11.1 Å². The predicted octanol–water partition coefficient (Wildman–Crippen LogP) is 2.96. The lowest BCUT2D eigenvalue weighted by molar-refractivity contribution is -0.115. The number of aryl methyl sites for hydroxylation is 1. The molecule has 0 aliphatic carbocycles. The van der Waals surface area contributed by atoms with E-state index in [0.717, 1.165) is 11.4 Å². The van der Waals surface area contributed by atoms with Gasteiger partial charge in [0.2, 0.25) is 5.91 Å². The molecule has 1 aliphatic rings. The minimum Gasteiger partial charge on any atom is -0.330 e. The normalized spacial score (nSPS) is 13.4. The second kappa shape index (κ2) is 4.71. The summed E-state index contributed by atoms with van der Waals surface area (Å²) in [6.45, 7) is 2.31. The van der Waals surface area contributed by atoms with Crippen molar-refractivity contribution in [2.45, 2.75) is 6.92 Å². The van der Waals surface area contributed by atoms with Crippen molar-refractivity contribution in [2.75, 3.05) is 16.8 Å². The highest BCUT2D eigenvalue weighted by Crippen LogP contribution is 2.35. The zero-order valence-corrected chi connectivity index (χ0v) is 11.1. The quantitative estimate of drug-likeness (QED) is 0.860. The molecule has 1 aliphatic heterocycles. The van der Waals surface area contributed by atoms with Crippen molar-refractivity contribution in [3.05, 3.63) is 53.6 Å². The van der Waals surface area contributed by atoms with E-state index < -0.39 is 0 Å². The SMILES string of the molecule is Cc1ccc(N2CC(=O)Nc3cc(C#N)ccc32)cc1. The Hall–Kier alpha value is -2.80. The highest BCUT2D eigenvalue weighted by molar-refractivity contribution is 6.03. The van der Waals surface area contributed by atoms with E-state index in [1.54, 1.807) is 12.1 Å². The molecule has 0 atom stereocenters. The number of carbonyl (C=O) groups excluding carboxylic acids is 1. The third kappa shape index (κ3) is 2.10. The lowest BCUT2D eigenvalue weighted by Crippen LogP contribution is -2.35. The fourth-order valence-corrected chi connectivity index (χ4v) is 2.31. The van der Waals surface area contributed by atoms with Crippen LogP contribution in [-0.4, -0.2) is 12.5 Å². The van der Waals surface area contributed by atoms with Crippen LogP contribution in [0.5, 0.6) is 0 Å². The Morgan fingerprint density at radius 1 is 1.20 bits per heavy atom. The van der Waals surface area contributed by atoms with Gasteiger partial charge in [-0.2, -0.15) is 5.26 Å². The first-order valence-corrected chi connectivity index (χ1v) is 6.35. The number of benzene rings is 2. The Labute approximate surface area is 117 Å². The summed E-state index contributed by atoms with van der Waals surface area (Å²) in [5.74, 6) is -0.0758. The second-order valence-electron chi connectivity index (χ2n) is 4.81. The number of fused-ring (bicyclic) bond motifs is 1. The van der Waals surface area contributed by atoms with Gasteiger partial charge < -0.3 is 10.2 Å². The van der Waals surface area contributed by atoms with Crippen LogP contribution in [0.2, 0.25) is 0 Å². The molecule has 4 nitrogen and oxygen atoms in total. The van der Waals surface area contributed by atoms with Gasteiger partial charge in [-0.15, -0.1) is 0 Å². The van der Waals surface area contributed by atoms with Gasteiger partial charge in [-0.05, 0) is 37.3 Å².